The van der Waals surface area contributed by atoms with Crippen molar-refractivity contribution in [3.8, 4) is 0 Å². The first-order valence-electron chi connectivity index (χ1n) is 3.78. The van der Waals surface area contributed by atoms with Gasteiger partial charge in [0.25, 0.3) is 0 Å². The molecule has 1 unspecified atom stereocenters. The van der Waals surface area contributed by atoms with Crippen molar-refractivity contribution in [2.45, 2.75) is 25.7 Å². The SMILES string of the molecule is CCCOC(CN)SCC. The molecule has 0 saturated carbocycles. The maximum absolute atomic E-state index is 5.45. The van der Waals surface area contributed by atoms with Crippen LogP contribution in [0.4, 0.5) is 0 Å². The van der Waals surface area contributed by atoms with E-state index < -0.39 is 0 Å². The second-order valence-electron chi connectivity index (χ2n) is 1.99. The highest BCUT2D eigenvalue weighted by atomic mass is 32.2. The molecule has 2 N–H and O–H groups in total. The van der Waals surface area contributed by atoms with E-state index in [0.29, 0.717) is 6.54 Å². The molecule has 0 amide bonds. The van der Waals surface area contributed by atoms with Gasteiger partial charge in [-0.25, -0.2) is 0 Å². The summed E-state index contributed by atoms with van der Waals surface area (Å²) >= 11 is 1.77. The van der Waals surface area contributed by atoms with Crippen LogP contribution in [0.15, 0.2) is 0 Å². The molecule has 62 valence electrons. The highest BCUT2D eigenvalue weighted by Gasteiger charge is 2.03. The number of ether oxygens (including phenoxy) is 1. The molecule has 0 aromatic rings. The van der Waals surface area contributed by atoms with Gasteiger partial charge in [0.1, 0.15) is 5.44 Å². The fraction of sp³-hybridized carbons (Fsp3) is 1.00. The minimum atomic E-state index is 0.213. The van der Waals surface area contributed by atoms with Crippen molar-refractivity contribution in [2.24, 2.45) is 5.73 Å². The normalized spacial score (nSPS) is 13.5. The Hall–Kier alpha value is 0.270. The average Bonchev–Trinajstić information content (AvgIpc) is 1.98. The summed E-state index contributed by atoms with van der Waals surface area (Å²) in [4.78, 5) is 0. The Labute approximate surface area is 67.5 Å². The van der Waals surface area contributed by atoms with Crippen LogP contribution in [0.2, 0.25) is 0 Å². The molecule has 0 radical (unpaired) electrons. The Morgan fingerprint density at radius 2 is 2.20 bits per heavy atom. The van der Waals surface area contributed by atoms with Crippen molar-refractivity contribution in [1.82, 2.24) is 0 Å². The molecule has 1 atom stereocenters. The summed E-state index contributed by atoms with van der Waals surface area (Å²) in [7, 11) is 0. The van der Waals surface area contributed by atoms with E-state index in [-0.39, 0.29) is 5.44 Å². The van der Waals surface area contributed by atoms with Crippen LogP contribution in [0.3, 0.4) is 0 Å². The summed E-state index contributed by atoms with van der Waals surface area (Å²) in [6.45, 7) is 5.67. The Balaban J connectivity index is 3.21. The van der Waals surface area contributed by atoms with Crippen LogP contribution in [-0.2, 0) is 4.74 Å². The lowest BCUT2D eigenvalue weighted by Crippen LogP contribution is -2.20. The molecule has 0 aliphatic heterocycles. The van der Waals surface area contributed by atoms with Gasteiger partial charge in [-0.3, -0.25) is 0 Å². The first kappa shape index (κ1) is 10.3. The molecule has 0 fully saturated rings. The van der Waals surface area contributed by atoms with E-state index in [1.807, 2.05) is 0 Å². The zero-order chi connectivity index (χ0) is 7.82. The zero-order valence-corrected chi connectivity index (χ0v) is 7.62. The molecule has 0 aliphatic rings. The Bertz CT molecular complexity index is 70.6. The minimum Gasteiger partial charge on any atom is -0.366 e. The van der Waals surface area contributed by atoms with Gasteiger partial charge in [0.2, 0.25) is 0 Å². The second-order valence-corrected chi connectivity index (χ2v) is 3.43. The molecule has 0 rings (SSSR count). The monoisotopic (exact) mass is 163 g/mol. The number of hydrogen-bond acceptors (Lipinski definition) is 3. The van der Waals surface area contributed by atoms with Crippen LogP contribution >= 0.6 is 11.8 Å². The smallest absolute Gasteiger partial charge is 0.115 e. The van der Waals surface area contributed by atoms with Gasteiger partial charge in [0.05, 0.1) is 0 Å². The van der Waals surface area contributed by atoms with Gasteiger partial charge in [-0.05, 0) is 12.2 Å². The second kappa shape index (κ2) is 7.38. The molecule has 3 heteroatoms. The molecule has 0 aliphatic carbocycles. The summed E-state index contributed by atoms with van der Waals surface area (Å²) in [6.07, 6.45) is 1.07. The van der Waals surface area contributed by atoms with Gasteiger partial charge in [-0.1, -0.05) is 13.8 Å². The van der Waals surface area contributed by atoms with Crippen LogP contribution in [-0.4, -0.2) is 24.3 Å². The van der Waals surface area contributed by atoms with E-state index in [4.69, 9.17) is 10.5 Å². The van der Waals surface area contributed by atoms with E-state index in [1.165, 1.54) is 0 Å². The minimum absolute atomic E-state index is 0.213. The van der Waals surface area contributed by atoms with Gasteiger partial charge in [-0.2, -0.15) is 0 Å². The number of hydrogen-bond donors (Lipinski definition) is 1. The molecule has 0 aromatic heterocycles. The van der Waals surface area contributed by atoms with Crippen molar-refractivity contribution in [2.75, 3.05) is 18.9 Å². The number of thioether (sulfide) groups is 1. The molecule has 0 bridgehead atoms. The van der Waals surface area contributed by atoms with Gasteiger partial charge < -0.3 is 10.5 Å². The summed E-state index contributed by atoms with van der Waals surface area (Å²) in [5, 5.41) is 0. The van der Waals surface area contributed by atoms with Crippen LogP contribution < -0.4 is 5.73 Å². The highest BCUT2D eigenvalue weighted by molar-refractivity contribution is 7.99. The first-order valence-corrected chi connectivity index (χ1v) is 4.83. The third-order valence-corrected chi connectivity index (χ3v) is 2.09. The summed E-state index contributed by atoms with van der Waals surface area (Å²) in [5.41, 5.74) is 5.67. The van der Waals surface area contributed by atoms with Crippen molar-refractivity contribution in [3.63, 3.8) is 0 Å². The molecular weight excluding hydrogens is 146 g/mol. The molecule has 0 heterocycles. The fourth-order valence-electron chi connectivity index (χ4n) is 0.619. The van der Waals surface area contributed by atoms with Crippen molar-refractivity contribution in [3.05, 3.63) is 0 Å². The quantitative estimate of drug-likeness (QED) is 0.602. The van der Waals surface area contributed by atoms with Crippen molar-refractivity contribution in [1.29, 1.82) is 0 Å². The predicted octanol–water partition coefficient (Wildman–Crippen LogP) is 1.45. The Morgan fingerprint density at radius 3 is 2.60 bits per heavy atom. The molecule has 10 heavy (non-hydrogen) atoms. The lowest BCUT2D eigenvalue weighted by Gasteiger charge is -2.13. The molecule has 0 spiro atoms. The predicted molar refractivity (Wildman–Crippen MR) is 47.2 cm³/mol. The molecular formula is C7H17NOS. The largest absolute Gasteiger partial charge is 0.366 e. The van der Waals surface area contributed by atoms with Gasteiger partial charge in [-0.15, -0.1) is 11.8 Å². The maximum atomic E-state index is 5.45. The number of rotatable bonds is 6. The zero-order valence-electron chi connectivity index (χ0n) is 6.80. The standard InChI is InChI=1S/C7H17NOS/c1-3-5-9-7(6-8)10-4-2/h7H,3-6,8H2,1-2H3. The Kier molecular flexibility index (Phi) is 7.58. The first-order chi connectivity index (χ1) is 4.85. The highest BCUT2D eigenvalue weighted by Crippen LogP contribution is 2.09. The maximum Gasteiger partial charge on any atom is 0.115 e. The summed E-state index contributed by atoms with van der Waals surface area (Å²) in [5.74, 6) is 1.07. The third-order valence-electron chi connectivity index (χ3n) is 1.05. The van der Waals surface area contributed by atoms with Crippen molar-refractivity contribution >= 4 is 11.8 Å². The topological polar surface area (TPSA) is 35.2 Å². The van der Waals surface area contributed by atoms with E-state index in [9.17, 15) is 0 Å². The average molecular weight is 163 g/mol. The summed E-state index contributed by atoms with van der Waals surface area (Å²) < 4.78 is 5.42. The van der Waals surface area contributed by atoms with E-state index >= 15 is 0 Å². The molecule has 0 saturated heterocycles. The van der Waals surface area contributed by atoms with Crippen LogP contribution in [0.1, 0.15) is 20.3 Å². The fourth-order valence-corrected chi connectivity index (χ4v) is 1.32. The van der Waals surface area contributed by atoms with Gasteiger partial charge >= 0.3 is 0 Å². The summed E-state index contributed by atoms with van der Waals surface area (Å²) in [6, 6.07) is 0. The van der Waals surface area contributed by atoms with E-state index in [2.05, 4.69) is 13.8 Å². The molecule has 0 aromatic carbocycles. The van der Waals surface area contributed by atoms with E-state index in [0.717, 1.165) is 18.8 Å². The van der Waals surface area contributed by atoms with Crippen LogP contribution in [0.5, 0.6) is 0 Å². The third kappa shape index (κ3) is 5.09. The van der Waals surface area contributed by atoms with Crippen molar-refractivity contribution < 1.29 is 4.74 Å². The van der Waals surface area contributed by atoms with Gasteiger partial charge in [0.15, 0.2) is 0 Å². The van der Waals surface area contributed by atoms with E-state index in [1.54, 1.807) is 11.8 Å². The van der Waals surface area contributed by atoms with Gasteiger partial charge in [0, 0.05) is 13.2 Å². The number of nitrogens with two attached hydrogens (primary N) is 1. The molecule has 2 nitrogen and oxygen atoms in total. The van der Waals surface area contributed by atoms with Crippen LogP contribution in [0, 0.1) is 0 Å². The van der Waals surface area contributed by atoms with Crippen LogP contribution in [0.25, 0.3) is 0 Å². The Morgan fingerprint density at radius 1 is 1.50 bits per heavy atom. The lowest BCUT2D eigenvalue weighted by atomic mass is 10.5. The lowest BCUT2D eigenvalue weighted by molar-refractivity contribution is 0.118.